The van der Waals surface area contributed by atoms with E-state index in [0.717, 1.165) is 56.5 Å². The number of ether oxygens (including phenoxy) is 2. The minimum atomic E-state index is -4.36. The Morgan fingerprint density at radius 3 is 1.61 bits per heavy atom. The maximum absolute atomic E-state index is 12.9. The average molecular weight is 434 g/mol. The van der Waals surface area contributed by atoms with Crippen LogP contribution < -0.4 is 4.90 Å². The number of hydrogen-bond acceptors (Lipinski definition) is 3. The summed E-state index contributed by atoms with van der Waals surface area (Å²) in [5.41, 5.74) is 1.90. The molecule has 6 heteroatoms. The fourth-order valence-electron chi connectivity index (χ4n) is 3.55. The summed E-state index contributed by atoms with van der Waals surface area (Å²) < 4.78 is 50.4. The first-order chi connectivity index (χ1) is 14.9. The van der Waals surface area contributed by atoms with E-state index in [0.29, 0.717) is 30.3 Å². The van der Waals surface area contributed by atoms with Crippen LogP contribution in [0.1, 0.15) is 56.2 Å². The van der Waals surface area contributed by atoms with Crippen molar-refractivity contribution in [1.29, 1.82) is 0 Å². The van der Waals surface area contributed by atoms with Gasteiger partial charge in [0.1, 0.15) is 13.2 Å². The third-order valence-corrected chi connectivity index (χ3v) is 5.31. The molecule has 168 valence electrons. The zero-order valence-corrected chi connectivity index (χ0v) is 18.2. The van der Waals surface area contributed by atoms with Crippen LogP contribution >= 0.6 is 0 Å². The molecule has 2 aromatic rings. The molecule has 1 aliphatic rings. The number of hydrogen-bond donors (Lipinski definition) is 0. The third kappa shape index (κ3) is 5.96. The highest BCUT2D eigenvalue weighted by Gasteiger charge is 2.30. The average Bonchev–Trinajstić information content (AvgIpc) is 2.79. The van der Waals surface area contributed by atoms with E-state index in [-0.39, 0.29) is 0 Å². The Hall–Kier alpha value is -2.63. The predicted octanol–water partition coefficient (Wildman–Crippen LogP) is 6.98. The molecular weight excluding hydrogens is 403 g/mol. The van der Waals surface area contributed by atoms with Crippen LogP contribution in [-0.4, -0.2) is 26.3 Å². The first-order valence-corrected chi connectivity index (χ1v) is 11.0. The summed E-state index contributed by atoms with van der Waals surface area (Å²) in [6.07, 6.45) is 0.221. The molecule has 0 atom stereocenters. The molecule has 31 heavy (non-hydrogen) atoms. The van der Waals surface area contributed by atoms with E-state index < -0.39 is 11.7 Å². The molecule has 0 saturated carbocycles. The molecule has 1 heterocycles. The minimum Gasteiger partial charge on any atom is -0.485 e. The number of unbranched alkanes of at least 4 members (excludes halogenated alkanes) is 2. The molecule has 0 saturated heterocycles. The van der Waals surface area contributed by atoms with Crippen LogP contribution in [0.25, 0.3) is 11.5 Å². The van der Waals surface area contributed by atoms with E-state index in [1.165, 1.54) is 17.8 Å². The van der Waals surface area contributed by atoms with Crippen molar-refractivity contribution in [2.75, 3.05) is 31.2 Å². The Kier molecular flexibility index (Phi) is 7.88. The van der Waals surface area contributed by atoms with Crippen molar-refractivity contribution in [3.8, 4) is 0 Å². The van der Waals surface area contributed by atoms with Gasteiger partial charge in [-0.05, 0) is 49.2 Å². The lowest BCUT2D eigenvalue weighted by Gasteiger charge is -2.26. The fraction of sp³-hybridized carbons (Fsp3) is 0.440. The largest absolute Gasteiger partial charge is 0.485 e. The Balaban J connectivity index is 1.87. The molecule has 0 N–H and O–H groups in total. The van der Waals surface area contributed by atoms with E-state index in [4.69, 9.17) is 9.47 Å². The van der Waals surface area contributed by atoms with E-state index in [2.05, 4.69) is 30.9 Å². The maximum Gasteiger partial charge on any atom is 0.416 e. The second-order valence-electron chi connectivity index (χ2n) is 7.67. The quantitative estimate of drug-likeness (QED) is 0.426. The Morgan fingerprint density at radius 2 is 1.19 bits per heavy atom. The van der Waals surface area contributed by atoms with Gasteiger partial charge in [0, 0.05) is 29.9 Å². The molecule has 0 bridgehead atoms. The number of benzene rings is 2. The zero-order valence-electron chi connectivity index (χ0n) is 18.2. The summed E-state index contributed by atoms with van der Waals surface area (Å²) in [6.45, 7) is 7.19. The summed E-state index contributed by atoms with van der Waals surface area (Å²) in [6, 6.07) is 13.1. The van der Waals surface area contributed by atoms with Crippen LogP contribution in [0.15, 0.2) is 48.5 Å². The van der Waals surface area contributed by atoms with Crippen molar-refractivity contribution >= 4 is 17.2 Å². The normalized spacial score (nSPS) is 14.2. The predicted molar refractivity (Wildman–Crippen MR) is 119 cm³/mol. The summed E-state index contributed by atoms with van der Waals surface area (Å²) in [4.78, 5) is 2.40. The highest BCUT2D eigenvalue weighted by atomic mass is 19.4. The number of anilines is 1. The molecular formula is C25H30F3NO2. The van der Waals surface area contributed by atoms with E-state index in [9.17, 15) is 13.2 Å². The topological polar surface area (TPSA) is 21.7 Å². The number of halogens is 3. The van der Waals surface area contributed by atoms with Gasteiger partial charge >= 0.3 is 6.18 Å². The van der Waals surface area contributed by atoms with Crippen molar-refractivity contribution < 1.29 is 22.6 Å². The molecule has 0 amide bonds. The second kappa shape index (κ2) is 10.6. The van der Waals surface area contributed by atoms with Crippen LogP contribution in [-0.2, 0) is 15.7 Å². The van der Waals surface area contributed by atoms with Gasteiger partial charge in [-0.3, -0.25) is 0 Å². The molecule has 0 aromatic heterocycles. The van der Waals surface area contributed by atoms with E-state index >= 15 is 0 Å². The van der Waals surface area contributed by atoms with Gasteiger partial charge in [0.05, 0.1) is 5.56 Å². The van der Waals surface area contributed by atoms with Gasteiger partial charge in [-0.2, -0.15) is 13.2 Å². The molecule has 3 rings (SSSR count). The van der Waals surface area contributed by atoms with Gasteiger partial charge in [0.2, 0.25) is 0 Å². The van der Waals surface area contributed by atoms with E-state index in [1.807, 2.05) is 12.1 Å². The van der Waals surface area contributed by atoms with Crippen molar-refractivity contribution in [3.63, 3.8) is 0 Å². The van der Waals surface area contributed by atoms with Crippen molar-refractivity contribution in [2.45, 2.75) is 45.7 Å². The SMILES string of the molecule is CCCCN(CCCC)c1ccc(C2=C(c3ccc(C(F)(F)F)cc3)OCCO2)cc1. The van der Waals surface area contributed by atoms with E-state index in [1.54, 1.807) is 0 Å². The second-order valence-corrected chi connectivity index (χ2v) is 7.67. The van der Waals surface area contributed by atoms with Gasteiger partial charge in [-0.25, -0.2) is 0 Å². The lowest BCUT2D eigenvalue weighted by Crippen LogP contribution is -2.25. The van der Waals surface area contributed by atoms with Crippen LogP contribution in [0.3, 0.4) is 0 Å². The monoisotopic (exact) mass is 433 g/mol. The van der Waals surface area contributed by atoms with Crippen LogP contribution in [0.5, 0.6) is 0 Å². The summed E-state index contributed by atoms with van der Waals surface area (Å²) in [5.74, 6) is 1.03. The molecule has 3 nitrogen and oxygen atoms in total. The first kappa shape index (κ1) is 23.0. The molecule has 0 spiro atoms. The third-order valence-electron chi connectivity index (χ3n) is 5.31. The summed E-state index contributed by atoms with van der Waals surface area (Å²) in [7, 11) is 0. The lowest BCUT2D eigenvalue weighted by molar-refractivity contribution is -0.137. The maximum atomic E-state index is 12.9. The Bertz CT molecular complexity index is 850. The van der Waals surface area contributed by atoms with Gasteiger partial charge in [0.15, 0.2) is 11.5 Å². The van der Waals surface area contributed by atoms with Gasteiger partial charge in [-0.1, -0.05) is 38.8 Å². The smallest absolute Gasteiger partial charge is 0.416 e. The molecule has 0 aliphatic carbocycles. The number of nitrogens with zero attached hydrogens (tertiary/aromatic N) is 1. The van der Waals surface area contributed by atoms with Gasteiger partial charge in [0.25, 0.3) is 0 Å². The summed E-state index contributed by atoms with van der Waals surface area (Å²) >= 11 is 0. The van der Waals surface area contributed by atoms with Gasteiger partial charge < -0.3 is 14.4 Å². The standard InChI is InChI=1S/C25H30F3NO2/c1-3-5-15-29(16-6-4-2)22-13-9-20(10-14-22)24-23(30-17-18-31-24)19-7-11-21(12-8-19)25(26,27)28/h7-14H,3-6,15-18H2,1-2H3. The van der Waals surface area contributed by atoms with Crippen LogP contribution in [0.4, 0.5) is 18.9 Å². The van der Waals surface area contributed by atoms with Crippen molar-refractivity contribution in [3.05, 3.63) is 65.2 Å². The molecule has 0 unspecified atom stereocenters. The highest BCUT2D eigenvalue weighted by molar-refractivity contribution is 5.85. The zero-order chi connectivity index (χ0) is 22.3. The molecule has 0 radical (unpaired) electrons. The van der Waals surface area contributed by atoms with Crippen LogP contribution in [0, 0.1) is 0 Å². The number of alkyl halides is 3. The fourth-order valence-corrected chi connectivity index (χ4v) is 3.55. The van der Waals surface area contributed by atoms with Crippen molar-refractivity contribution in [2.24, 2.45) is 0 Å². The minimum absolute atomic E-state index is 0.361. The first-order valence-electron chi connectivity index (χ1n) is 11.0. The Labute approximate surface area is 182 Å². The van der Waals surface area contributed by atoms with Gasteiger partial charge in [-0.15, -0.1) is 0 Å². The highest BCUT2D eigenvalue weighted by Crippen LogP contribution is 2.34. The van der Waals surface area contributed by atoms with Crippen molar-refractivity contribution in [1.82, 2.24) is 0 Å². The lowest BCUT2D eigenvalue weighted by atomic mass is 10.0. The molecule has 1 aliphatic heterocycles. The van der Waals surface area contributed by atoms with Crippen LogP contribution in [0.2, 0.25) is 0 Å². The Morgan fingerprint density at radius 1 is 0.742 bits per heavy atom. The number of rotatable bonds is 9. The molecule has 0 fully saturated rings. The summed E-state index contributed by atoms with van der Waals surface area (Å²) in [5, 5.41) is 0. The molecule has 2 aromatic carbocycles.